The van der Waals surface area contributed by atoms with Crippen LogP contribution in [0, 0.1) is 5.92 Å². The molecule has 6 heteroatoms. The third-order valence-corrected chi connectivity index (χ3v) is 4.90. The lowest BCUT2D eigenvalue weighted by molar-refractivity contribution is 0.0798. The van der Waals surface area contributed by atoms with E-state index in [-0.39, 0.29) is 12.1 Å². The van der Waals surface area contributed by atoms with Crippen LogP contribution >= 0.6 is 0 Å². The molecule has 134 valence electrons. The lowest BCUT2D eigenvalue weighted by Crippen LogP contribution is -2.45. The number of aromatic nitrogens is 2. The van der Waals surface area contributed by atoms with Crippen LogP contribution in [-0.2, 0) is 13.1 Å². The highest BCUT2D eigenvalue weighted by Crippen LogP contribution is 2.20. The summed E-state index contributed by atoms with van der Waals surface area (Å²) in [6.07, 6.45) is 6.96. The van der Waals surface area contributed by atoms with Crippen LogP contribution in [0.3, 0.4) is 0 Å². The number of benzene rings is 1. The molecular weight excluding hydrogens is 316 g/mol. The Balaban J connectivity index is 1.44. The third kappa shape index (κ3) is 4.82. The molecule has 1 aromatic heterocycles. The monoisotopic (exact) mass is 342 g/mol. The van der Waals surface area contributed by atoms with E-state index in [9.17, 15) is 9.90 Å². The Labute approximate surface area is 148 Å². The fourth-order valence-electron chi connectivity index (χ4n) is 3.23. The molecule has 1 saturated heterocycles. The van der Waals surface area contributed by atoms with Crippen molar-refractivity contribution < 1.29 is 9.90 Å². The van der Waals surface area contributed by atoms with Gasteiger partial charge in [-0.05, 0) is 36.8 Å². The van der Waals surface area contributed by atoms with Crippen molar-refractivity contribution in [3.63, 3.8) is 0 Å². The van der Waals surface area contributed by atoms with Crippen molar-refractivity contribution in [1.82, 2.24) is 19.8 Å². The minimum Gasteiger partial charge on any atom is -0.393 e. The second kappa shape index (κ2) is 8.16. The number of likely N-dealkylation sites (tertiary alicyclic amines) is 1. The molecule has 1 aliphatic rings. The molecule has 1 fully saturated rings. The highest BCUT2D eigenvalue weighted by atomic mass is 16.3. The SMILES string of the molecule is CC(O)C1CCN(C(=O)NCc2ccc(Cn3ccnc3)cc2)CC1. The van der Waals surface area contributed by atoms with Gasteiger partial charge in [-0.15, -0.1) is 0 Å². The summed E-state index contributed by atoms with van der Waals surface area (Å²) < 4.78 is 2.02. The van der Waals surface area contributed by atoms with Gasteiger partial charge in [0.1, 0.15) is 0 Å². The standard InChI is InChI=1S/C19H26N4O2/c1-15(24)18-6-9-23(10-7-18)19(25)21-12-16-2-4-17(5-3-16)13-22-11-8-20-14-22/h2-5,8,11,14-15,18,24H,6-7,9-10,12-13H2,1H3,(H,21,25). The van der Waals surface area contributed by atoms with E-state index in [1.165, 1.54) is 5.56 Å². The molecule has 0 radical (unpaired) electrons. The van der Waals surface area contributed by atoms with Crippen molar-refractivity contribution in [2.24, 2.45) is 5.92 Å². The van der Waals surface area contributed by atoms with Gasteiger partial charge in [0.05, 0.1) is 12.4 Å². The summed E-state index contributed by atoms with van der Waals surface area (Å²) in [5.41, 5.74) is 2.29. The lowest BCUT2D eigenvalue weighted by Gasteiger charge is -2.33. The summed E-state index contributed by atoms with van der Waals surface area (Å²) in [5.74, 6) is 0.312. The van der Waals surface area contributed by atoms with Crippen molar-refractivity contribution in [1.29, 1.82) is 0 Å². The molecule has 0 spiro atoms. The number of carbonyl (C=O) groups is 1. The topological polar surface area (TPSA) is 70.4 Å². The number of rotatable bonds is 5. The fourth-order valence-corrected chi connectivity index (χ4v) is 3.23. The molecule has 1 unspecified atom stereocenters. The molecule has 2 aromatic rings. The van der Waals surface area contributed by atoms with Gasteiger partial charge in [-0.2, -0.15) is 0 Å². The predicted octanol–water partition coefficient (Wildman–Crippen LogP) is 2.23. The van der Waals surface area contributed by atoms with Crippen LogP contribution in [0.1, 0.15) is 30.9 Å². The van der Waals surface area contributed by atoms with Gasteiger partial charge < -0.3 is 19.9 Å². The van der Waals surface area contributed by atoms with E-state index in [0.29, 0.717) is 25.6 Å². The highest BCUT2D eigenvalue weighted by Gasteiger charge is 2.25. The van der Waals surface area contributed by atoms with Crippen molar-refractivity contribution in [2.45, 2.75) is 39.0 Å². The van der Waals surface area contributed by atoms with E-state index in [1.807, 2.05) is 34.7 Å². The zero-order valence-corrected chi connectivity index (χ0v) is 14.6. The Morgan fingerprint density at radius 3 is 2.56 bits per heavy atom. The van der Waals surface area contributed by atoms with Gasteiger partial charge >= 0.3 is 6.03 Å². The Bertz CT molecular complexity index is 659. The summed E-state index contributed by atoms with van der Waals surface area (Å²) >= 11 is 0. The van der Waals surface area contributed by atoms with E-state index in [0.717, 1.165) is 24.9 Å². The van der Waals surface area contributed by atoms with Crippen LogP contribution in [0.5, 0.6) is 0 Å². The number of hydrogen-bond donors (Lipinski definition) is 2. The molecule has 1 aromatic carbocycles. The van der Waals surface area contributed by atoms with Crippen LogP contribution in [0.2, 0.25) is 0 Å². The van der Waals surface area contributed by atoms with Gasteiger partial charge in [0, 0.05) is 38.6 Å². The molecule has 2 N–H and O–H groups in total. The van der Waals surface area contributed by atoms with Gasteiger partial charge in [-0.3, -0.25) is 0 Å². The predicted molar refractivity (Wildman–Crippen MR) is 96.0 cm³/mol. The number of piperidine rings is 1. The molecule has 3 rings (SSSR count). The van der Waals surface area contributed by atoms with Crippen LogP contribution in [0.15, 0.2) is 43.0 Å². The summed E-state index contributed by atoms with van der Waals surface area (Å²) in [7, 11) is 0. The first-order chi connectivity index (χ1) is 12.1. The number of carbonyl (C=O) groups excluding carboxylic acids is 1. The van der Waals surface area contributed by atoms with Crippen LogP contribution in [-0.4, -0.2) is 44.8 Å². The second-order valence-corrected chi connectivity index (χ2v) is 6.78. The summed E-state index contributed by atoms with van der Waals surface area (Å²) in [5, 5.41) is 12.6. The highest BCUT2D eigenvalue weighted by molar-refractivity contribution is 5.74. The first kappa shape index (κ1) is 17.5. The summed E-state index contributed by atoms with van der Waals surface area (Å²) in [6.45, 7) is 4.58. The second-order valence-electron chi connectivity index (χ2n) is 6.78. The number of urea groups is 1. The zero-order chi connectivity index (χ0) is 17.6. The fraction of sp³-hybridized carbons (Fsp3) is 0.474. The molecule has 25 heavy (non-hydrogen) atoms. The molecule has 0 saturated carbocycles. The summed E-state index contributed by atoms with van der Waals surface area (Å²) in [4.78, 5) is 18.1. The number of nitrogens with zero attached hydrogens (tertiary/aromatic N) is 3. The van der Waals surface area contributed by atoms with E-state index in [2.05, 4.69) is 22.4 Å². The first-order valence-electron chi connectivity index (χ1n) is 8.86. The maximum Gasteiger partial charge on any atom is 0.317 e. The van der Waals surface area contributed by atoms with Crippen LogP contribution in [0.4, 0.5) is 4.79 Å². The maximum absolute atomic E-state index is 12.3. The Kier molecular flexibility index (Phi) is 5.71. The van der Waals surface area contributed by atoms with E-state index in [4.69, 9.17) is 0 Å². The third-order valence-electron chi connectivity index (χ3n) is 4.90. The minimum absolute atomic E-state index is 0.0217. The van der Waals surface area contributed by atoms with Crippen molar-refractivity contribution in [3.05, 3.63) is 54.1 Å². The summed E-state index contributed by atoms with van der Waals surface area (Å²) in [6, 6.07) is 8.23. The van der Waals surface area contributed by atoms with E-state index < -0.39 is 0 Å². The molecule has 2 heterocycles. The van der Waals surface area contributed by atoms with Crippen molar-refractivity contribution >= 4 is 6.03 Å². The molecule has 0 bridgehead atoms. The first-order valence-corrected chi connectivity index (χ1v) is 8.86. The largest absolute Gasteiger partial charge is 0.393 e. The van der Waals surface area contributed by atoms with E-state index >= 15 is 0 Å². The average Bonchev–Trinajstić information content (AvgIpc) is 3.14. The normalized spacial score (nSPS) is 16.6. The van der Waals surface area contributed by atoms with Gasteiger partial charge in [0.15, 0.2) is 0 Å². The number of aliphatic hydroxyl groups is 1. The maximum atomic E-state index is 12.3. The number of hydrogen-bond acceptors (Lipinski definition) is 3. The Morgan fingerprint density at radius 1 is 1.28 bits per heavy atom. The number of amides is 2. The van der Waals surface area contributed by atoms with Gasteiger partial charge in [0.25, 0.3) is 0 Å². The minimum atomic E-state index is -0.286. The molecule has 1 aliphatic heterocycles. The lowest BCUT2D eigenvalue weighted by atomic mass is 9.92. The van der Waals surface area contributed by atoms with Crippen LogP contribution < -0.4 is 5.32 Å². The smallest absolute Gasteiger partial charge is 0.317 e. The van der Waals surface area contributed by atoms with Gasteiger partial charge in [-0.1, -0.05) is 24.3 Å². The van der Waals surface area contributed by atoms with Crippen molar-refractivity contribution in [3.8, 4) is 0 Å². The Morgan fingerprint density at radius 2 is 1.96 bits per heavy atom. The van der Waals surface area contributed by atoms with Crippen LogP contribution in [0.25, 0.3) is 0 Å². The molecule has 0 aliphatic carbocycles. The number of aliphatic hydroxyl groups excluding tert-OH is 1. The number of nitrogens with one attached hydrogen (secondary N) is 1. The molecular formula is C19H26N4O2. The molecule has 1 atom stereocenters. The Hall–Kier alpha value is -2.34. The quantitative estimate of drug-likeness (QED) is 0.875. The molecule has 6 nitrogen and oxygen atoms in total. The van der Waals surface area contributed by atoms with E-state index in [1.54, 1.807) is 12.5 Å². The zero-order valence-electron chi connectivity index (χ0n) is 14.6. The molecule has 2 amide bonds. The average molecular weight is 342 g/mol. The van der Waals surface area contributed by atoms with Gasteiger partial charge in [-0.25, -0.2) is 9.78 Å². The number of imidazole rings is 1. The van der Waals surface area contributed by atoms with Crippen molar-refractivity contribution in [2.75, 3.05) is 13.1 Å². The van der Waals surface area contributed by atoms with Gasteiger partial charge in [0.2, 0.25) is 0 Å².